The largest absolute Gasteiger partial charge is 0.350 e. The van der Waals surface area contributed by atoms with Crippen LogP contribution < -0.4 is 0 Å². The molecule has 0 radical (unpaired) electrons. The second kappa shape index (κ2) is 5.43. The number of carbonyl (C=O) groups excluding carboxylic acids is 1. The summed E-state index contributed by atoms with van der Waals surface area (Å²) in [6.07, 6.45) is 1.05. The van der Waals surface area contributed by atoms with Gasteiger partial charge in [0.05, 0.1) is 0 Å². The van der Waals surface area contributed by atoms with Crippen LogP contribution in [0.4, 0.5) is 0 Å². The Labute approximate surface area is 132 Å². The van der Waals surface area contributed by atoms with Gasteiger partial charge in [0.15, 0.2) is 0 Å². The number of rotatable bonds is 2. The predicted octanol–water partition coefficient (Wildman–Crippen LogP) is 2.87. The van der Waals surface area contributed by atoms with Crippen LogP contribution in [0.1, 0.15) is 33.6 Å². The average molecular weight is 299 g/mol. The standard InChI is InChI=1S/C18H25N3O/c1-11-8-12(2)16-15(9-11)13(3)17(19-16)18(22)21-7-6-14(10-21)20(4)5/h8-9,14,19H,6-7,10H2,1-5H3/t14-/m0/s1. The quantitative estimate of drug-likeness (QED) is 0.926. The van der Waals surface area contributed by atoms with Gasteiger partial charge in [-0.3, -0.25) is 4.79 Å². The summed E-state index contributed by atoms with van der Waals surface area (Å²) in [6, 6.07) is 4.79. The zero-order chi connectivity index (χ0) is 16.0. The predicted molar refractivity (Wildman–Crippen MR) is 90.5 cm³/mol. The maximum atomic E-state index is 12.9. The van der Waals surface area contributed by atoms with Gasteiger partial charge in [-0.15, -0.1) is 0 Å². The molecule has 1 saturated heterocycles. The molecule has 2 aromatic rings. The molecular weight excluding hydrogens is 274 g/mol. The number of nitrogens with one attached hydrogen (secondary N) is 1. The molecule has 1 aliphatic heterocycles. The first-order chi connectivity index (χ1) is 10.4. The van der Waals surface area contributed by atoms with Gasteiger partial charge in [0, 0.05) is 30.0 Å². The molecule has 22 heavy (non-hydrogen) atoms. The molecule has 3 rings (SSSR count). The van der Waals surface area contributed by atoms with Gasteiger partial charge in [-0.05, 0) is 58.5 Å². The molecule has 1 aromatic carbocycles. The summed E-state index contributed by atoms with van der Waals surface area (Å²) in [5.74, 6) is 0.134. The second-order valence-corrected chi connectivity index (χ2v) is 6.79. The topological polar surface area (TPSA) is 39.3 Å². The Kier molecular flexibility index (Phi) is 3.73. The number of hydrogen-bond donors (Lipinski definition) is 1. The summed E-state index contributed by atoms with van der Waals surface area (Å²) >= 11 is 0. The van der Waals surface area contributed by atoms with E-state index in [1.165, 1.54) is 16.5 Å². The van der Waals surface area contributed by atoms with Crippen LogP contribution in [-0.2, 0) is 0 Å². The van der Waals surface area contributed by atoms with Crippen LogP contribution in [-0.4, -0.2) is 53.9 Å². The van der Waals surface area contributed by atoms with Gasteiger partial charge in [0.1, 0.15) is 5.69 Å². The fraction of sp³-hybridized carbons (Fsp3) is 0.500. The number of aryl methyl sites for hydroxylation is 3. The van der Waals surface area contributed by atoms with Crippen LogP contribution in [0.15, 0.2) is 12.1 Å². The fourth-order valence-electron chi connectivity index (χ4n) is 3.50. The molecule has 1 aromatic heterocycles. The van der Waals surface area contributed by atoms with Crippen LogP contribution in [0, 0.1) is 20.8 Å². The van der Waals surface area contributed by atoms with Crippen molar-refractivity contribution in [1.29, 1.82) is 0 Å². The molecule has 1 atom stereocenters. The van der Waals surface area contributed by atoms with Crippen molar-refractivity contribution in [3.8, 4) is 0 Å². The molecule has 0 aliphatic carbocycles. The van der Waals surface area contributed by atoms with Crippen LogP contribution in [0.3, 0.4) is 0 Å². The van der Waals surface area contributed by atoms with Crippen molar-refractivity contribution in [2.45, 2.75) is 33.2 Å². The third-order valence-corrected chi connectivity index (χ3v) is 4.90. The molecule has 0 unspecified atom stereocenters. The van der Waals surface area contributed by atoms with Crippen molar-refractivity contribution >= 4 is 16.8 Å². The Bertz CT molecular complexity index is 729. The molecule has 0 saturated carbocycles. The normalized spacial score (nSPS) is 18.6. The smallest absolute Gasteiger partial charge is 0.270 e. The number of H-pyrrole nitrogens is 1. The second-order valence-electron chi connectivity index (χ2n) is 6.79. The molecule has 0 spiro atoms. The van der Waals surface area contributed by atoms with Crippen molar-refractivity contribution in [3.05, 3.63) is 34.5 Å². The van der Waals surface area contributed by atoms with Crippen molar-refractivity contribution in [1.82, 2.24) is 14.8 Å². The summed E-state index contributed by atoms with van der Waals surface area (Å²) in [5, 5.41) is 1.17. The number of carbonyl (C=O) groups is 1. The van der Waals surface area contributed by atoms with E-state index in [1.807, 2.05) is 11.8 Å². The molecule has 4 heteroatoms. The van der Waals surface area contributed by atoms with Crippen molar-refractivity contribution in [2.75, 3.05) is 27.2 Å². The van der Waals surface area contributed by atoms with Crippen LogP contribution in [0.5, 0.6) is 0 Å². The van der Waals surface area contributed by atoms with E-state index in [-0.39, 0.29) is 5.91 Å². The molecule has 1 aliphatic rings. The number of likely N-dealkylation sites (tertiary alicyclic amines) is 1. The molecule has 0 bridgehead atoms. The summed E-state index contributed by atoms with van der Waals surface area (Å²) in [6.45, 7) is 7.90. The number of hydrogen-bond acceptors (Lipinski definition) is 2. The van der Waals surface area contributed by atoms with Crippen LogP contribution >= 0.6 is 0 Å². The van der Waals surface area contributed by atoms with Crippen molar-refractivity contribution in [2.24, 2.45) is 0 Å². The highest BCUT2D eigenvalue weighted by atomic mass is 16.2. The summed E-state index contributed by atoms with van der Waals surface area (Å²) in [4.78, 5) is 20.4. The number of fused-ring (bicyclic) bond motifs is 1. The summed E-state index contributed by atoms with van der Waals surface area (Å²) < 4.78 is 0. The molecular formula is C18H25N3O. The third-order valence-electron chi connectivity index (χ3n) is 4.90. The maximum Gasteiger partial charge on any atom is 0.270 e. The van der Waals surface area contributed by atoms with E-state index in [9.17, 15) is 4.79 Å². The van der Waals surface area contributed by atoms with Gasteiger partial charge < -0.3 is 14.8 Å². The Morgan fingerprint density at radius 3 is 2.64 bits per heavy atom. The van der Waals surface area contributed by atoms with Gasteiger partial charge in [0.25, 0.3) is 5.91 Å². The SMILES string of the molecule is Cc1cc(C)c2[nH]c(C(=O)N3CC[C@H](N(C)C)C3)c(C)c2c1. The van der Waals surface area contributed by atoms with Crippen molar-refractivity contribution in [3.63, 3.8) is 0 Å². The summed E-state index contributed by atoms with van der Waals surface area (Å²) in [5.41, 5.74) is 5.35. The van der Waals surface area contributed by atoms with E-state index < -0.39 is 0 Å². The van der Waals surface area contributed by atoms with E-state index in [1.54, 1.807) is 0 Å². The molecule has 2 heterocycles. The molecule has 1 amide bonds. The zero-order valence-corrected chi connectivity index (χ0v) is 14.2. The third kappa shape index (κ3) is 2.41. The van der Waals surface area contributed by atoms with Gasteiger partial charge in [-0.2, -0.15) is 0 Å². The Morgan fingerprint density at radius 1 is 1.27 bits per heavy atom. The Balaban J connectivity index is 1.95. The van der Waals surface area contributed by atoms with Gasteiger partial charge in [-0.25, -0.2) is 0 Å². The Morgan fingerprint density at radius 2 is 2.00 bits per heavy atom. The number of likely N-dealkylation sites (N-methyl/N-ethyl adjacent to an activating group) is 1. The fourth-order valence-corrected chi connectivity index (χ4v) is 3.50. The van der Waals surface area contributed by atoms with Crippen LogP contribution in [0.2, 0.25) is 0 Å². The minimum atomic E-state index is 0.134. The lowest BCUT2D eigenvalue weighted by Crippen LogP contribution is -2.34. The maximum absolute atomic E-state index is 12.9. The first-order valence-corrected chi connectivity index (χ1v) is 7.93. The molecule has 118 valence electrons. The van der Waals surface area contributed by atoms with E-state index in [0.29, 0.717) is 6.04 Å². The van der Waals surface area contributed by atoms with Gasteiger partial charge in [0.2, 0.25) is 0 Å². The van der Waals surface area contributed by atoms with E-state index in [2.05, 4.69) is 50.0 Å². The van der Waals surface area contributed by atoms with E-state index >= 15 is 0 Å². The number of amides is 1. The number of aromatic nitrogens is 1. The minimum absolute atomic E-state index is 0.134. The van der Waals surface area contributed by atoms with E-state index in [4.69, 9.17) is 0 Å². The highest BCUT2D eigenvalue weighted by Gasteiger charge is 2.30. The monoisotopic (exact) mass is 299 g/mol. The molecule has 1 fully saturated rings. The lowest BCUT2D eigenvalue weighted by atomic mass is 10.1. The molecule has 1 N–H and O–H groups in total. The van der Waals surface area contributed by atoms with Gasteiger partial charge in [-0.1, -0.05) is 11.6 Å². The number of benzene rings is 1. The summed E-state index contributed by atoms with van der Waals surface area (Å²) in [7, 11) is 4.16. The molecule has 4 nitrogen and oxygen atoms in total. The van der Waals surface area contributed by atoms with Crippen LogP contribution in [0.25, 0.3) is 10.9 Å². The van der Waals surface area contributed by atoms with E-state index in [0.717, 1.165) is 36.3 Å². The lowest BCUT2D eigenvalue weighted by Gasteiger charge is -2.20. The minimum Gasteiger partial charge on any atom is -0.350 e. The highest BCUT2D eigenvalue weighted by molar-refractivity contribution is 6.01. The first-order valence-electron chi connectivity index (χ1n) is 7.93. The Hall–Kier alpha value is -1.81. The average Bonchev–Trinajstić information content (AvgIpc) is 3.05. The van der Waals surface area contributed by atoms with Crippen molar-refractivity contribution < 1.29 is 4.79 Å². The number of aromatic amines is 1. The number of nitrogens with zero attached hydrogens (tertiary/aromatic N) is 2. The lowest BCUT2D eigenvalue weighted by molar-refractivity contribution is 0.0777. The first kappa shape index (κ1) is 15.1. The zero-order valence-electron chi connectivity index (χ0n) is 14.2. The van der Waals surface area contributed by atoms with Gasteiger partial charge >= 0.3 is 0 Å². The highest BCUT2D eigenvalue weighted by Crippen LogP contribution is 2.27.